The molecule has 1 heterocycles. The maximum Gasteiger partial charge on any atom is 0.220 e. The summed E-state index contributed by atoms with van der Waals surface area (Å²) in [6.07, 6.45) is 2.17. The Morgan fingerprint density at radius 2 is 1.92 bits per heavy atom. The number of nitrogens with one attached hydrogen (secondary N) is 1. The van der Waals surface area contributed by atoms with Gasteiger partial charge in [-0.2, -0.15) is 0 Å². The first kappa shape index (κ1) is 20.1. The van der Waals surface area contributed by atoms with Gasteiger partial charge in [0.1, 0.15) is 5.82 Å². The first-order valence-corrected chi connectivity index (χ1v) is 9.10. The summed E-state index contributed by atoms with van der Waals surface area (Å²) >= 11 is 0. The Labute approximate surface area is 154 Å². The second-order valence-electron chi connectivity index (χ2n) is 6.87. The summed E-state index contributed by atoms with van der Waals surface area (Å²) in [5, 5.41) is 2.93. The molecule has 2 rings (SSSR count). The molecule has 5 nitrogen and oxygen atoms in total. The summed E-state index contributed by atoms with van der Waals surface area (Å²) < 4.78 is 19.3. The van der Waals surface area contributed by atoms with Crippen LogP contribution in [0.1, 0.15) is 40.0 Å². The van der Waals surface area contributed by atoms with Gasteiger partial charge in [-0.25, -0.2) is 9.37 Å². The number of amides is 1. The predicted molar refractivity (Wildman–Crippen MR) is 100 cm³/mol. The van der Waals surface area contributed by atoms with Gasteiger partial charge >= 0.3 is 0 Å². The maximum atomic E-state index is 13.8. The molecule has 0 aliphatic carbocycles. The van der Waals surface area contributed by atoms with Crippen molar-refractivity contribution in [3.8, 4) is 11.3 Å². The number of hydrogen-bond acceptors (Lipinski definition) is 4. The largest absolute Gasteiger partial charge is 0.441 e. The van der Waals surface area contributed by atoms with E-state index in [1.54, 1.807) is 18.2 Å². The number of nitrogens with zero attached hydrogens (tertiary/aromatic N) is 2. The van der Waals surface area contributed by atoms with E-state index in [0.717, 1.165) is 6.54 Å². The topological polar surface area (TPSA) is 58.4 Å². The molecule has 1 amide bonds. The van der Waals surface area contributed by atoms with Crippen molar-refractivity contribution in [2.75, 3.05) is 13.1 Å². The fourth-order valence-electron chi connectivity index (χ4n) is 2.96. The lowest BCUT2D eigenvalue weighted by Crippen LogP contribution is -2.42. The van der Waals surface area contributed by atoms with E-state index in [1.165, 1.54) is 12.3 Å². The molecule has 0 fully saturated rings. The smallest absolute Gasteiger partial charge is 0.220 e. The van der Waals surface area contributed by atoms with Crippen LogP contribution in [-0.4, -0.2) is 41.0 Å². The highest BCUT2D eigenvalue weighted by atomic mass is 19.1. The lowest BCUT2D eigenvalue weighted by molar-refractivity contribution is -0.121. The first-order chi connectivity index (χ1) is 12.4. The van der Waals surface area contributed by atoms with Crippen LogP contribution in [0.4, 0.5) is 4.39 Å². The average molecular weight is 361 g/mol. The summed E-state index contributed by atoms with van der Waals surface area (Å²) in [5.41, 5.74) is 0.373. The van der Waals surface area contributed by atoms with Crippen LogP contribution in [0.2, 0.25) is 0 Å². The Morgan fingerprint density at radius 3 is 2.58 bits per heavy atom. The molecule has 6 heteroatoms. The van der Waals surface area contributed by atoms with Crippen LogP contribution in [0.15, 0.2) is 34.9 Å². The summed E-state index contributed by atoms with van der Waals surface area (Å²) in [7, 11) is 0. The van der Waals surface area contributed by atoms with Gasteiger partial charge in [0, 0.05) is 38.0 Å². The maximum absolute atomic E-state index is 13.8. The Hall–Kier alpha value is -2.21. The molecule has 26 heavy (non-hydrogen) atoms. The number of benzene rings is 1. The first-order valence-electron chi connectivity index (χ1n) is 9.10. The molecule has 0 aliphatic heterocycles. The monoisotopic (exact) mass is 361 g/mol. The van der Waals surface area contributed by atoms with E-state index in [2.05, 4.69) is 42.9 Å². The molecule has 0 unspecified atom stereocenters. The fraction of sp³-hybridized carbons (Fsp3) is 0.500. The van der Waals surface area contributed by atoms with E-state index in [1.807, 2.05) is 0 Å². The number of halogens is 1. The molecule has 0 saturated heterocycles. The SMILES string of the molecule is CC(C)N(CCNC(=O)CCc1ncc(-c2ccccc2F)o1)C(C)C. The van der Waals surface area contributed by atoms with Crippen LogP contribution in [0, 0.1) is 5.82 Å². The molecular weight excluding hydrogens is 333 g/mol. The summed E-state index contributed by atoms with van der Waals surface area (Å²) in [4.78, 5) is 18.5. The molecule has 0 spiro atoms. The average Bonchev–Trinajstić information content (AvgIpc) is 3.05. The Balaban J connectivity index is 1.79. The summed E-state index contributed by atoms with van der Waals surface area (Å²) in [6.45, 7) is 10.0. The minimum Gasteiger partial charge on any atom is -0.441 e. The third-order valence-electron chi connectivity index (χ3n) is 4.28. The summed E-state index contributed by atoms with van der Waals surface area (Å²) in [6, 6.07) is 7.27. The van der Waals surface area contributed by atoms with Gasteiger partial charge < -0.3 is 9.73 Å². The molecule has 1 N–H and O–H groups in total. The summed E-state index contributed by atoms with van der Waals surface area (Å²) in [5.74, 6) is 0.420. The van der Waals surface area contributed by atoms with Crippen LogP contribution >= 0.6 is 0 Å². The van der Waals surface area contributed by atoms with Crippen molar-refractivity contribution in [1.82, 2.24) is 15.2 Å². The molecule has 0 saturated carbocycles. The number of rotatable bonds is 9. The normalized spacial score (nSPS) is 11.5. The van der Waals surface area contributed by atoms with E-state index in [0.29, 0.717) is 48.7 Å². The number of oxazole rings is 1. The van der Waals surface area contributed by atoms with Gasteiger partial charge in [-0.1, -0.05) is 12.1 Å². The van der Waals surface area contributed by atoms with Crippen molar-refractivity contribution in [3.05, 3.63) is 42.2 Å². The van der Waals surface area contributed by atoms with Gasteiger partial charge in [-0.05, 0) is 39.8 Å². The molecule has 0 atom stereocenters. The lowest BCUT2D eigenvalue weighted by Gasteiger charge is -2.30. The minimum atomic E-state index is -0.354. The van der Waals surface area contributed by atoms with Crippen molar-refractivity contribution >= 4 is 5.91 Å². The van der Waals surface area contributed by atoms with Gasteiger partial charge in [0.15, 0.2) is 11.7 Å². The van der Waals surface area contributed by atoms with Gasteiger partial charge in [-0.3, -0.25) is 9.69 Å². The number of aromatic nitrogens is 1. The standard InChI is InChI=1S/C20H28FN3O2/c1-14(2)24(15(3)4)12-11-22-19(25)9-10-20-23-13-18(26-20)16-7-5-6-8-17(16)21/h5-8,13-15H,9-12H2,1-4H3,(H,22,25). The number of carbonyl (C=O) groups is 1. The zero-order chi connectivity index (χ0) is 19.1. The van der Waals surface area contributed by atoms with Crippen LogP contribution < -0.4 is 5.32 Å². The van der Waals surface area contributed by atoms with E-state index < -0.39 is 0 Å². The van der Waals surface area contributed by atoms with Crippen molar-refractivity contribution in [2.24, 2.45) is 0 Å². The van der Waals surface area contributed by atoms with E-state index in [-0.39, 0.29) is 11.7 Å². The molecule has 142 valence electrons. The van der Waals surface area contributed by atoms with Crippen LogP contribution in [0.25, 0.3) is 11.3 Å². The second kappa shape index (κ2) is 9.48. The molecule has 0 radical (unpaired) electrons. The van der Waals surface area contributed by atoms with E-state index in [4.69, 9.17) is 4.42 Å². The molecular formula is C20H28FN3O2. The van der Waals surface area contributed by atoms with Crippen LogP contribution in [-0.2, 0) is 11.2 Å². The molecule has 1 aromatic heterocycles. The van der Waals surface area contributed by atoms with Gasteiger partial charge in [0.05, 0.1) is 11.8 Å². The number of carbonyl (C=O) groups excluding carboxylic acids is 1. The number of hydrogen-bond donors (Lipinski definition) is 1. The Morgan fingerprint density at radius 1 is 1.23 bits per heavy atom. The van der Waals surface area contributed by atoms with Gasteiger partial charge in [-0.15, -0.1) is 0 Å². The number of aryl methyl sites for hydroxylation is 1. The van der Waals surface area contributed by atoms with Crippen molar-refractivity contribution in [2.45, 2.75) is 52.6 Å². The van der Waals surface area contributed by atoms with Crippen molar-refractivity contribution in [1.29, 1.82) is 0 Å². The van der Waals surface area contributed by atoms with Gasteiger partial charge in [0.25, 0.3) is 0 Å². The highest BCUT2D eigenvalue weighted by Gasteiger charge is 2.14. The predicted octanol–water partition coefficient (Wildman–Crippen LogP) is 3.65. The zero-order valence-electron chi connectivity index (χ0n) is 16.0. The van der Waals surface area contributed by atoms with Gasteiger partial charge in [0.2, 0.25) is 5.91 Å². The highest BCUT2D eigenvalue weighted by molar-refractivity contribution is 5.76. The van der Waals surface area contributed by atoms with E-state index in [9.17, 15) is 9.18 Å². The van der Waals surface area contributed by atoms with E-state index >= 15 is 0 Å². The van der Waals surface area contributed by atoms with Crippen LogP contribution in [0.5, 0.6) is 0 Å². The Bertz CT molecular complexity index is 705. The van der Waals surface area contributed by atoms with Crippen molar-refractivity contribution < 1.29 is 13.6 Å². The fourth-order valence-corrected chi connectivity index (χ4v) is 2.96. The van der Waals surface area contributed by atoms with Crippen LogP contribution in [0.3, 0.4) is 0 Å². The molecule has 0 bridgehead atoms. The molecule has 1 aromatic carbocycles. The third-order valence-corrected chi connectivity index (χ3v) is 4.28. The van der Waals surface area contributed by atoms with Crippen molar-refractivity contribution in [3.63, 3.8) is 0 Å². The lowest BCUT2D eigenvalue weighted by atomic mass is 10.2. The third kappa shape index (κ3) is 5.66. The second-order valence-corrected chi connectivity index (χ2v) is 6.87. The quantitative estimate of drug-likeness (QED) is 0.741. The highest BCUT2D eigenvalue weighted by Crippen LogP contribution is 2.23. The molecule has 0 aliphatic rings. The molecule has 2 aromatic rings. The zero-order valence-corrected chi connectivity index (χ0v) is 16.0. The Kier molecular flexibility index (Phi) is 7.33. The minimum absolute atomic E-state index is 0.0388.